The molecule has 0 atom stereocenters. The van der Waals surface area contributed by atoms with Crippen LogP contribution in [0, 0.1) is 29.1 Å². The summed E-state index contributed by atoms with van der Waals surface area (Å²) in [6.45, 7) is 2.57. The molecule has 15 heavy (non-hydrogen) atoms. The molecule has 0 heterocycles. The predicted molar refractivity (Wildman–Crippen MR) is 53.6 cm³/mol. The van der Waals surface area contributed by atoms with E-state index in [0.29, 0.717) is 0 Å². The zero-order chi connectivity index (χ0) is 12.0. The fourth-order valence-corrected chi connectivity index (χ4v) is 1.81. The summed E-state index contributed by atoms with van der Waals surface area (Å²) < 4.78 is 63.2. The Labute approximate surface area is 96.6 Å². The highest BCUT2D eigenvalue weighted by atomic mass is 127. The molecule has 1 aromatic rings. The van der Waals surface area contributed by atoms with Crippen LogP contribution in [0.25, 0.3) is 0 Å². The topological polar surface area (TPSA) is 0 Å². The number of halogens is 6. The van der Waals surface area contributed by atoms with Crippen molar-refractivity contribution < 1.29 is 22.0 Å². The molecule has 0 N–H and O–H groups in total. The number of rotatable bonds is 0. The number of benzene rings is 1. The first-order valence-corrected chi connectivity index (χ1v) is 4.96. The van der Waals surface area contributed by atoms with Crippen LogP contribution >= 0.6 is 22.6 Å². The third-order valence-electron chi connectivity index (χ3n) is 2.14. The van der Waals surface area contributed by atoms with Gasteiger partial charge in [-0.1, -0.05) is 0 Å². The molecule has 0 spiro atoms. The summed E-state index contributed by atoms with van der Waals surface area (Å²) in [5.41, 5.74) is -1.79. The van der Waals surface area contributed by atoms with Crippen LogP contribution in [0.4, 0.5) is 22.0 Å². The van der Waals surface area contributed by atoms with Crippen LogP contribution in [-0.4, -0.2) is 0 Å². The molecule has 0 amide bonds. The highest BCUT2D eigenvalue weighted by Gasteiger charge is 2.39. The second kappa shape index (κ2) is 3.88. The Morgan fingerprint density at radius 3 is 1.80 bits per heavy atom. The summed E-state index contributed by atoms with van der Waals surface area (Å²) in [5.74, 6) is -3.07. The van der Waals surface area contributed by atoms with Crippen molar-refractivity contribution in [3.63, 3.8) is 0 Å². The van der Waals surface area contributed by atoms with E-state index in [2.05, 4.69) is 0 Å². The van der Waals surface area contributed by atoms with E-state index in [0.717, 1.165) is 0 Å². The van der Waals surface area contributed by atoms with Crippen LogP contribution in [0.5, 0.6) is 0 Å². The molecular weight excluding hydrogens is 330 g/mol. The van der Waals surface area contributed by atoms with Crippen molar-refractivity contribution >= 4 is 22.6 Å². The van der Waals surface area contributed by atoms with E-state index in [1.165, 1.54) is 36.4 Å². The quantitative estimate of drug-likeness (QED) is 0.378. The van der Waals surface area contributed by atoms with Gasteiger partial charge >= 0.3 is 6.18 Å². The zero-order valence-electron chi connectivity index (χ0n) is 7.77. The van der Waals surface area contributed by atoms with Gasteiger partial charge in [0.15, 0.2) is 5.82 Å². The Kier molecular flexibility index (Phi) is 3.27. The lowest BCUT2D eigenvalue weighted by Gasteiger charge is -2.14. The molecule has 0 saturated heterocycles. The summed E-state index contributed by atoms with van der Waals surface area (Å²) >= 11 is 1.44. The second-order valence-electron chi connectivity index (χ2n) is 3.06. The molecule has 1 aromatic carbocycles. The first kappa shape index (κ1) is 12.7. The van der Waals surface area contributed by atoms with Gasteiger partial charge in [-0.15, -0.1) is 0 Å². The maximum absolute atomic E-state index is 13.2. The highest BCUT2D eigenvalue weighted by Crippen LogP contribution is 2.37. The van der Waals surface area contributed by atoms with E-state index in [9.17, 15) is 22.0 Å². The van der Waals surface area contributed by atoms with Gasteiger partial charge in [-0.05, 0) is 47.6 Å². The van der Waals surface area contributed by atoms with Gasteiger partial charge < -0.3 is 0 Å². The predicted octanol–water partition coefficient (Wildman–Crippen LogP) is 4.21. The van der Waals surface area contributed by atoms with Gasteiger partial charge in [0.05, 0.1) is 3.57 Å². The van der Waals surface area contributed by atoms with Crippen LogP contribution in [0.3, 0.4) is 0 Å². The van der Waals surface area contributed by atoms with Crippen molar-refractivity contribution in [2.24, 2.45) is 0 Å². The summed E-state index contributed by atoms with van der Waals surface area (Å²) in [5, 5.41) is 0. The molecule has 0 bridgehead atoms. The standard InChI is InChI=1S/C9H6F5I/c1-3-4(2)8(15)7(11)5(6(3)10)9(12,13)14/h1-2H3. The zero-order valence-corrected chi connectivity index (χ0v) is 9.93. The van der Waals surface area contributed by atoms with Gasteiger partial charge in [-0.25, -0.2) is 8.78 Å². The van der Waals surface area contributed by atoms with Crippen LogP contribution in [-0.2, 0) is 6.18 Å². The first-order valence-electron chi connectivity index (χ1n) is 3.88. The minimum atomic E-state index is -5.01. The van der Waals surface area contributed by atoms with E-state index >= 15 is 0 Å². The lowest BCUT2D eigenvalue weighted by Crippen LogP contribution is -2.15. The monoisotopic (exact) mass is 336 g/mol. The largest absolute Gasteiger partial charge is 0.422 e. The lowest BCUT2D eigenvalue weighted by molar-refractivity contribution is -0.142. The van der Waals surface area contributed by atoms with E-state index in [4.69, 9.17) is 0 Å². The van der Waals surface area contributed by atoms with Crippen LogP contribution in [0.1, 0.15) is 16.7 Å². The maximum atomic E-state index is 13.2. The van der Waals surface area contributed by atoms with E-state index in [1.807, 2.05) is 0 Å². The fraction of sp³-hybridized carbons (Fsp3) is 0.333. The number of alkyl halides is 3. The lowest BCUT2D eigenvalue weighted by atomic mass is 10.0. The molecule has 0 saturated carbocycles. The Balaban J connectivity index is 3.68. The average Bonchev–Trinajstić information content (AvgIpc) is 2.09. The average molecular weight is 336 g/mol. The van der Waals surface area contributed by atoms with Gasteiger partial charge in [0.2, 0.25) is 0 Å². The van der Waals surface area contributed by atoms with Crippen molar-refractivity contribution in [2.75, 3.05) is 0 Å². The molecule has 0 unspecified atom stereocenters. The van der Waals surface area contributed by atoms with Crippen LogP contribution < -0.4 is 0 Å². The van der Waals surface area contributed by atoms with Crippen molar-refractivity contribution in [3.8, 4) is 0 Å². The summed E-state index contributed by atoms with van der Waals surface area (Å²) in [6, 6.07) is 0. The molecule has 84 valence electrons. The Morgan fingerprint density at radius 1 is 0.933 bits per heavy atom. The Bertz CT molecular complexity index is 379. The first-order chi connectivity index (χ1) is 6.68. The second-order valence-corrected chi connectivity index (χ2v) is 4.14. The molecular formula is C9H6F5I. The summed E-state index contributed by atoms with van der Waals surface area (Å²) in [4.78, 5) is 0. The Hall–Kier alpha value is -0.400. The van der Waals surface area contributed by atoms with Gasteiger partial charge in [-0.2, -0.15) is 13.2 Å². The molecule has 0 fully saturated rings. The molecule has 0 aromatic heterocycles. The van der Waals surface area contributed by atoms with Crippen molar-refractivity contribution in [2.45, 2.75) is 20.0 Å². The molecule has 0 aliphatic heterocycles. The minimum absolute atomic E-state index is 0.173. The third-order valence-corrected chi connectivity index (χ3v) is 3.42. The van der Waals surface area contributed by atoms with Crippen molar-refractivity contribution in [3.05, 3.63) is 31.9 Å². The minimum Gasteiger partial charge on any atom is -0.206 e. The van der Waals surface area contributed by atoms with Crippen LogP contribution in [0.15, 0.2) is 0 Å². The van der Waals surface area contributed by atoms with Crippen molar-refractivity contribution in [1.82, 2.24) is 0 Å². The third kappa shape index (κ3) is 2.09. The van der Waals surface area contributed by atoms with E-state index in [1.54, 1.807) is 0 Å². The van der Waals surface area contributed by atoms with Crippen LogP contribution in [0.2, 0.25) is 0 Å². The molecule has 0 aliphatic carbocycles. The normalized spacial score (nSPS) is 12.0. The van der Waals surface area contributed by atoms with Crippen molar-refractivity contribution in [1.29, 1.82) is 0 Å². The maximum Gasteiger partial charge on any atom is 0.422 e. The fourth-order valence-electron chi connectivity index (χ4n) is 1.14. The van der Waals surface area contributed by atoms with E-state index < -0.39 is 23.4 Å². The molecule has 6 heteroatoms. The van der Waals surface area contributed by atoms with Gasteiger partial charge in [0, 0.05) is 0 Å². The summed E-state index contributed by atoms with van der Waals surface area (Å²) in [6.07, 6.45) is -5.01. The SMILES string of the molecule is Cc1c(C)c(I)c(F)c(C(F)(F)F)c1F. The summed E-state index contributed by atoms with van der Waals surface area (Å²) in [7, 11) is 0. The Morgan fingerprint density at radius 2 is 1.40 bits per heavy atom. The highest BCUT2D eigenvalue weighted by molar-refractivity contribution is 14.1. The molecule has 1 rings (SSSR count). The van der Waals surface area contributed by atoms with Gasteiger partial charge in [0.1, 0.15) is 11.4 Å². The van der Waals surface area contributed by atoms with Gasteiger partial charge in [-0.3, -0.25) is 0 Å². The molecule has 0 radical (unpaired) electrons. The molecule has 0 aliphatic rings. The number of hydrogen-bond donors (Lipinski definition) is 0. The molecule has 0 nitrogen and oxygen atoms in total. The smallest absolute Gasteiger partial charge is 0.206 e. The number of hydrogen-bond acceptors (Lipinski definition) is 0. The van der Waals surface area contributed by atoms with E-state index in [-0.39, 0.29) is 14.7 Å². The van der Waals surface area contributed by atoms with Gasteiger partial charge in [0.25, 0.3) is 0 Å².